The lowest BCUT2D eigenvalue weighted by molar-refractivity contribution is -0.205. The van der Waals surface area contributed by atoms with Gasteiger partial charge in [0.2, 0.25) is 0 Å². The molecule has 122 valence electrons. The molecule has 0 radical (unpaired) electrons. The van der Waals surface area contributed by atoms with Gasteiger partial charge in [0.25, 0.3) is 0 Å². The molecule has 2 rings (SSSR count). The van der Waals surface area contributed by atoms with Gasteiger partial charge in [0.05, 0.1) is 12.0 Å². The molecule has 1 saturated heterocycles. The van der Waals surface area contributed by atoms with Gasteiger partial charge in [-0.1, -0.05) is 0 Å². The summed E-state index contributed by atoms with van der Waals surface area (Å²) < 4.78 is 26.7. The van der Waals surface area contributed by atoms with E-state index in [1.165, 1.54) is 17.2 Å². The van der Waals surface area contributed by atoms with E-state index in [1.807, 2.05) is 0 Å². The number of carbonyl (C=O) groups excluding carboxylic acids is 1. The second kappa shape index (κ2) is 6.30. The summed E-state index contributed by atoms with van der Waals surface area (Å²) in [7, 11) is 0. The van der Waals surface area contributed by atoms with Crippen LogP contribution in [0.1, 0.15) is 38.7 Å². The maximum Gasteiger partial charge on any atom is 0.330 e. The minimum atomic E-state index is -0.608. The molecule has 0 amide bonds. The van der Waals surface area contributed by atoms with E-state index in [-0.39, 0.29) is 17.9 Å². The van der Waals surface area contributed by atoms with Crippen molar-refractivity contribution in [2.75, 3.05) is 13.1 Å². The van der Waals surface area contributed by atoms with Crippen LogP contribution >= 0.6 is 0 Å². The SMILES string of the molecule is CC(C)(C)C(=O)ON1CCC(c2cc(F)cc(F)c2)C(N)C1. The largest absolute Gasteiger partial charge is 0.367 e. The molecule has 0 aromatic heterocycles. The van der Waals surface area contributed by atoms with Crippen LogP contribution in [0.15, 0.2) is 18.2 Å². The molecule has 6 heteroatoms. The summed E-state index contributed by atoms with van der Waals surface area (Å²) in [4.78, 5) is 17.2. The van der Waals surface area contributed by atoms with Gasteiger partial charge in [-0.3, -0.25) is 0 Å². The fraction of sp³-hybridized carbons (Fsp3) is 0.562. The number of carbonyl (C=O) groups is 1. The molecule has 0 spiro atoms. The summed E-state index contributed by atoms with van der Waals surface area (Å²) in [5, 5.41) is 1.53. The van der Waals surface area contributed by atoms with Crippen molar-refractivity contribution in [2.45, 2.75) is 39.2 Å². The monoisotopic (exact) mass is 312 g/mol. The van der Waals surface area contributed by atoms with Crippen molar-refractivity contribution in [3.63, 3.8) is 0 Å². The zero-order valence-corrected chi connectivity index (χ0v) is 13.1. The molecule has 1 aromatic carbocycles. The highest BCUT2D eigenvalue weighted by Crippen LogP contribution is 2.29. The Kier molecular flexibility index (Phi) is 4.82. The molecular formula is C16H22F2N2O2. The lowest BCUT2D eigenvalue weighted by atomic mass is 9.86. The van der Waals surface area contributed by atoms with Crippen molar-refractivity contribution in [2.24, 2.45) is 11.1 Å². The van der Waals surface area contributed by atoms with Crippen molar-refractivity contribution in [3.05, 3.63) is 35.4 Å². The maximum absolute atomic E-state index is 13.3. The molecule has 2 N–H and O–H groups in total. The highest BCUT2D eigenvalue weighted by atomic mass is 19.1. The van der Waals surface area contributed by atoms with Gasteiger partial charge in [0, 0.05) is 24.6 Å². The van der Waals surface area contributed by atoms with Crippen molar-refractivity contribution in [1.29, 1.82) is 0 Å². The Morgan fingerprint density at radius 3 is 2.36 bits per heavy atom. The number of benzene rings is 1. The third-order valence-corrected chi connectivity index (χ3v) is 3.76. The fourth-order valence-electron chi connectivity index (χ4n) is 2.49. The van der Waals surface area contributed by atoms with Crippen LogP contribution in [-0.4, -0.2) is 30.2 Å². The summed E-state index contributed by atoms with van der Waals surface area (Å²) >= 11 is 0. The topological polar surface area (TPSA) is 55.6 Å². The van der Waals surface area contributed by atoms with Crippen LogP contribution in [-0.2, 0) is 9.63 Å². The number of hydrogen-bond acceptors (Lipinski definition) is 4. The van der Waals surface area contributed by atoms with Crippen LogP contribution in [0.2, 0.25) is 0 Å². The minimum Gasteiger partial charge on any atom is -0.367 e. The van der Waals surface area contributed by atoms with Crippen LogP contribution in [0.4, 0.5) is 8.78 Å². The average molecular weight is 312 g/mol. The van der Waals surface area contributed by atoms with Gasteiger partial charge in [-0.25, -0.2) is 13.6 Å². The Balaban J connectivity index is 2.02. The number of halogens is 2. The van der Waals surface area contributed by atoms with E-state index >= 15 is 0 Å². The Morgan fingerprint density at radius 1 is 1.27 bits per heavy atom. The van der Waals surface area contributed by atoms with E-state index in [4.69, 9.17) is 10.6 Å². The van der Waals surface area contributed by atoms with E-state index in [9.17, 15) is 13.6 Å². The van der Waals surface area contributed by atoms with Gasteiger partial charge in [-0.2, -0.15) is 0 Å². The number of nitrogens with zero attached hydrogens (tertiary/aromatic N) is 1. The molecule has 1 aliphatic heterocycles. The predicted octanol–water partition coefficient (Wildman–Crippen LogP) is 2.59. The van der Waals surface area contributed by atoms with Crippen LogP contribution in [0.5, 0.6) is 0 Å². The summed E-state index contributed by atoms with van der Waals surface area (Å²) in [5.74, 6) is -1.70. The van der Waals surface area contributed by atoms with Crippen molar-refractivity contribution >= 4 is 5.97 Å². The maximum atomic E-state index is 13.3. The molecule has 0 saturated carbocycles. The number of rotatable bonds is 2. The Morgan fingerprint density at radius 2 is 1.86 bits per heavy atom. The van der Waals surface area contributed by atoms with Crippen molar-refractivity contribution < 1.29 is 18.4 Å². The second-order valence-electron chi connectivity index (χ2n) is 6.78. The van der Waals surface area contributed by atoms with Crippen LogP contribution in [0.3, 0.4) is 0 Å². The van der Waals surface area contributed by atoms with E-state index in [0.717, 1.165) is 6.07 Å². The Bertz CT molecular complexity index is 537. The zero-order valence-electron chi connectivity index (χ0n) is 13.1. The van der Waals surface area contributed by atoms with E-state index < -0.39 is 17.0 Å². The van der Waals surface area contributed by atoms with E-state index in [1.54, 1.807) is 20.8 Å². The normalized spacial score (nSPS) is 23.4. The van der Waals surface area contributed by atoms with Crippen molar-refractivity contribution in [1.82, 2.24) is 5.06 Å². The summed E-state index contributed by atoms with van der Waals surface area (Å²) in [6.45, 7) is 6.15. The third kappa shape index (κ3) is 4.01. The van der Waals surface area contributed by atoms with Gasteiger partial charge in [-0.05, 0) is 44.9 Å². The number of nitrogens with two attached hydrogens (primary N) is 1. The molecule has 0 bridgehead atoms. The Hall–Kier alpha value is -1.53. The van der Waals surface area contributed by atoms with Gasteiger partial charge in [-0.15, -0.1) is 5.06 Å². The molecule has 22 heavy (non-hydrogen) atoms. The van der Waals surface area contributed by atoms with Gasteiger partial charge < -0.3 is 10.6 Å². The molecule has 1 fully saturated rings. The van der Waals surface area contributed by atoms with Gasteiger partial charge in [0.15, 0.2) is 0 Å². The van der Waals surface area contributed by atoms with Gasteiger partial charge >= 0.3 is 5.97 Å². The number of hydroxylamine groups is 2. The first-order valence-electron chi connectivity index (χ1n) is 7.36. The highest BCUT2D eigenvalue weighted by Gasteiger charge is 2.32. The molecule has 2 unspecified atom stereocenters. The first kappa shape index (κ1) is 16.8. The predicted molar refractivity (Wildman–Crippen MR) is 78.8 cm³/mol. The van der Waals surface area contributed by atoms with Crippen LogP contribution in [0.25, 0.3) is 0 Å². The van der Waals surface area contributed by atoms with E-state index in [0.29, 0.717) is 25.1 Å². The standard InChI is InChI=1S/C16H22F2N2O2/c1-16(2,3)15(21)22-20-5-4-13(14(19)9-20)10-6-11(17)8-12(18)7-10/h6-8,13-14H,4-5,9,19H2,1-3H3. The average Bonchev–Trinajstić information content (AvgIpc) is 2.36. The first-order valence-corrected chi connectivity index (χ1v) is 7.36. The van der Waals surface area contributed by atoms with Crippen LogP contribution in [0, 0.1) is 17.0 Å². The summed E-state index contributed by atoms with van der Waals surface area (Å²) in [5.41, 5.74) is 6.07. The summed E-state index contributed by atoms with van der Waals surface area (Å²) in [6, 6.07) is 3.10. The molecule has 2 atom stereocenters. The molecule has 1 aliphatic rings. The first-order chi connectivity index (χ1) is 10.2. The van der Waals surface area contributed by atoms with Crippen molar-refractivity contribution in [3.8, 4) is 0 Å². The summed E-state index contributed by atoms with van der Waals surface area (Å²) in [6.07, 6.45) is 0.571. The number of hydrogen-bond donors (Lipinski definition) is 1. The molecule has 1 heterocycles. The highest BCUT2D eigenvalue weighted by molar-refractivity contribution is 5.75. The minimum absolute atomic E-state index is 0.158. The van der Waals surface area contributed by atoms with Gasteiger partial charge in [0.1, 0.15) is 11.6 Å². The third-order valence-electron chi connectivity index (χ3n) is 3.76. The molecular weight excluding hydrogens is 290 g/mol. The number of piperidine rings is 1. The lowest BCUT2D eigenvalue weighted by Crippen LogP contribution is -2.48. The smallest absolute Gasteiger partial charge is 0.330 e. The molecule has 1 aromatic rings. The van der Waals surface area contributed by atoms with Crippen LogP contribution < -0.4 is 5.73 Å². The molecule has 0 aliphatic carbocycles. The Labute approximate surface area is 129 Å². The van der Waals surface area contributed by atoms with E-state index in [2.05, 4.69) is 0 Å². The zero-order chi connectivity index (χ0) is 16.5. The second-order valence-corrected chi connectivity index (χ2v) is 6.78. The quantitative estimate of drug-likeness (QED) is 0.912. The lowest BCUT2D eigenvalue weighted by Gasteiger charge is -2.36. The molecule has 4 nitrogen and oxygen atoms in total. The fourth-order valence-corrected chi connectivity index (χ4v) is 2.49.